The number of anilines is 1. The van der Waals surface area contributed by atoms with Crippen LogP contribution in [-0.2, 0) is 21.5 Å². The Morgan fingerprint density at radius 1 is 0.935 bits per heavy atom. The van der Waals surface area contributed by atoms with Crippen LogP contribution in [0.15, 0.2) is 36.4 Å². The molecule has 0 fully saturated rings. The normalized spacial score (nSPS) is 11.4. The highest BCUT2D eigenvalue weighted by Gasteiger charge is 2.29. The Balaban J connectivity index is 2.30. The zero-order chi connectivity index (χ0) is 23.3. The average Bonchev–Trinajstić information content (AvgIpc) is 2.73. The fraction of sp³-hybridized carbons (Fsp3) is 0.409. The fourth-order valence-corrected chi connectivity index (χ4v) is 4.17. The predicted molar refractivity (Wildman–Crippen MR) is 122 cm³/mol. The highest BCUT2D eigenvalue weighted by molar-refractivity contribution is 7.90. The smallest absolute Gasteiger partial charge is 0.304 e. The average molecular weight is 450 g/mol. The quantitative estimate of drug-likeness (QED) is 0.588. The summed E-state index contributed by atoms with van der Waals surface area (Å²) in [6, 6.07) is 10.9. The topological polar surface area (TPSA) is 79.4 Å². The van der Waals surface area contributed by atoms with Crippen molar-refractivity contribution in [3.05, 3.63) is 53.1 Å². The van der Waals surface area contributed by atoms with E-state index >= 15 is 0 Å². The Hall–Kier alpha value is -2.78. The maximum atomic E-state index is 13.0. The number of carbonyl (C=O) groups is 1. The lowest BCUT2D eigenvalue weighted by Crippen LogP contribution is -2.46. The molecule has 0 aliphatic rings. The number of rotatable bonds is 9. The lowest BCUT2D eigenvalue weighted by molar-refractivity contribution is -0.128. The molecule has 0 spiro atoms. The molecule has 8 nitrogen and oxygen atoms in total. The first-order chi connectivity index (χ1) is 14.5. The molecular weight excluding hydrogens is 418 g/mol. The van der Waals surface area contributed by atoms with Gasteiger partial charge in [0.25, 0.3) is 0 Å². The lowest BCUT2D eigenvalue weighted by Gasteiger charge is -2.30. The number of hydrogen-bond acceptors (Lipinski definition) is 5. The number of methoxy groups -OCH3 is 2. The molecule has 170 valence electrons. The first-order valence-electron chi connectivity index (χ1n) is 9.73. The number of ether oxygens (including phenoxy) is 2. The fourth-order valence-electron chi connectivity index (χ4n) is 3.06. The Labute approximate surface area is 185 Å². The SMILES string of the molecule is COc1ccc(CN(C)C(=O)CN(c2cc(C)ccc2C)S(=O)(=O)N(C)C)cc1OC. The molecule has 2 rings (SSSR count). The summed E-state index contributed by atoms with van der Waals surface area (Å²) < 4.78 is 38.9. The number of hydrogen-bond donors (Lipinski definition) is 0. The van der Waals surface area contributed by atoms with Gasteiger partial charge in [0.2, 0.25) is 5.91 Å². The molecule has 2 aromatic rings. The van der Waals surface area contributed by atoms with Crippen LogP contribution in [0.25, 0.3) is 0 Å². The molecule has 0 bridgehead atoms. The Morgan fingerprint density at radius 2 is 1.58 bits per heavy atom. The van der Waals surface area contributed by atoms with Crippen LogP contribution in [0.5, 0.6) is 11.5 Å². The number of likely N-dealkylation sites (N-methyl/N-ethyl adjacent to an activating group) is 1. The molecule has 0 saturated carbocycles. The van der Waals surface area contributed by atoms with Gasteiger partial charge in [0.1, 0.15) is 6.54 Å². The number of nitrogens with zero attached hydrogens (tertiary/aromatic N) is 3. The van der Waals surface area contributed by atoms with Crippen LogP contribution in [0.4, 0.5) is 5.69 Å². The lowest BCUT2D eigenvalue weighted by atomic mass is 10.1. The summed E-state index contributed by atoms with van der Waals surface area (Å²) >= 11 is 0. The Bertz CT molecular complexity index is 1040. The molecule has 0 atom stereocenters. The summed E-state index contributed by atoms with van der Waals surface area (Å²) in [6.45, 7) is 3.69. The highest BCUT2D eigenvalue weighted by atomic mass is 32.2. The Morgan fingerprint density at radius 3 is 2.16 bits per heavy atom. The summed E-state index contributed by atoms with van der Waals surface area (Å²) in [5.74, 6) is 0.826. The molecule has 0 aliphatic heterocycles. The molecule has 31 heavy (non-hydrogen) atoms. The number of amides is 1. The number of benzene rings is 2. The van der Waals surface area contributed by atoms with Gasteiger partial charge in [0.05, 0.1) is 19.9 Å². The number of carbonyl (C=O) groups excluding carboxylic acids is 1. The van der Waals surface area contributed by atoms with Crippen LogP contribution in [0.1, 0.15) is 16.7 Å². The maximum Gasteiger partial charge on any atom is 0.304 e. The van der Waals surface area contributed by atoms with Crippen molar-refractivity contribution < 1.29 is 22.7 Å². The second-order valence-electron chi connectivity index (χ2n) is 7.53. The molecule has 9 heteroatoms. The van der Waals surface area contributed by atoms with Crippen molar-refractivity contribution in [2.75, 3.05) is 46.2 Å². The highest BCUT2D eigenvalue weighted by Crippen LogP contribution is 2.28. The standard InChI is InChI=1S/C22H31N3O5S/c1-16-8-9-17(2)19(12-16)25(31(27,28)23(3)4)15-22(26)24(5)14-18-10-11-20(29-6)21(13-18)30-7/h8-13H,14-15H2,1-7H3. The third-order valence-corrected chi connectivity index (χ3v) is 6.75. The summed E-state index contributed by atoms with van der Waals surface area (Å²) in [7, 11) is 3.77. The molecule has 0 unspecified atom stereocenters. The van der Waals surface area contributed by atoms with E-state index in [0.29, 0.717) is 23.7 Å². The van der Waals surface area contributed by atoms with Crippen LogP contribution < -0.4 is 13.8 Å². The maximum absolute atomic E-state index is 13.0. The van der Waals surface area contributed by atoms with Crippen molar-refractivity contribution >= 4 is 21.8 Å². The van der Waals surface area contributed by atoms with E-state index in [-0.39, 0.29) is 12.5 Å². The van der Waals surface area contributed by atoms with Gasteiger partial charge in [0.15, 0.2) is 11.5 Å². The first-order valence-corrected chi connectivity index (χ1v) is 11.1. The molecule has 0 aliphatic carbocycles. The van der Waals surface area contributed by atoms with Crippen molar-refractivity contribution in [1.82, 2.24) is 9.21 Å². The predicted octanol–water partition coefficient (Wildman–Crippen LogP) is 2.59. The molecule has 1 amide bonds. The molecule has 2 aromatic carbocycles. The van der Waals surface area contributed by atoms with E-state index in [2.05, 4.69) is 0 Å². The van der Waals surface area contributed by atoms with Crippen LogP contribution in [0.3, 0.4) is 0 Å². The monoisotopic (exact) mass is 449 g/mol. The van der Waals surface area contributed by atoms with Gasteiger partial charge in [-0.3, -0.25) is 4.79 Å². The molecule has 0 saturated heterocycles. The molecular formula is C22H31N3O5S. The van der Waals surface area contributed by atoms with Gasteiger partial charge in [-0.15, -0.1) is 0 Å². The van der Waals surface area contributed by atoms with Crippen LogP contribution in [0.2, 0.25) is 0 Å². The van der Waals surface area contributed by atoms with E-state index in [1.54, 1.807) is 39.5 Å². The van der Waals surface area contributed by atoms with E-state index in [1.165, 1.54) is 19.0 Å². The minimum absolute atomic E-state index is 0.293. The zero-order valence-corrected chi connectivity index (χ0v) is 20.0. The van der Waals surface area contributed by atoms with Gasteiger partial charge in [0, 0.05) is 27.7 Å². The molecule has 0 radical (unpaired) electrons. The second-order valence-corrected chi connectivity index (χ2v) is 9.59. The van der Waals surface area contributed by atoms with Crippen molar-refractivity contribution in [1.29, 1.82) is 0 Å². The van der Waals surface area contributed by atoms with E-state index in [9.17, 15) is 13.2 Å². The van der Waals surface area contributed by atoms with Crippen molar-refractivity contribution in [3.63, 3.8) is 0 Å². The molecule has 0 heterocycles. The van der Waals surface area contributed by atoms with E-state index < -0.39 is 10.2 Å². The van der Waals surface area contributed by atoms with Gasteiger partial charge in [-0.25, -0.2) is 4.31 Å². The third-order valence-electron chi connectivity index (χ3n) is 4.95. The van der Waals surface area contributed by atoms with Crippen LogP contribution >= 0.6 is 0 Å². The van der Waals surface area contributed by atoms with E-state index in [4.69, 9.17) is 9.47 Å². The summed E-state index contributed by atoms with van der Waals surface area (Å²) in [4.78, 5) is 14.5. The largest absolute Gasteiger partial charge is 0.493 e. The van der Waals surface area contributed by atoms with Gasteiger partial charge in [-0.1, -0.05) is 18.2 Å². The first kappa shape index (κ1) is 24.5. The van der Waals surface area contributed by atoms with Gasteiger partial charge in [-0.2, -0.15) is 12.7 Å². The summed E-state index contributed by atoms with van der Waals surface area (Å²) in [5.41, 5.74) is 3.00. The summed E-state index contributed by atoms with van der Waals surface area (Å²) in [6.07, 6.45) is 0. The van der Waals surface area contributed by atoms with Crippen LogP contribution in [0, 0.1) is 13.8 Å². The van der Waals surface area contributed by atoms with Crippen molar-refractivity contribution in [2.24, 2.45) is 0 Å². The molecule has 0 N–H and O–H groups in total. The van der Waals surface area contributed by atoms with Gasteiger partial charge in [-0.05, 0) is 48.7 Å². The number of aryl methyl sites for hydroxylation is 2. The van der Waals surface area contributed by atoms with E-state index in [0.717, 1.165) is 25.3 Å². The van der Waals surface area contributed by atoms with Gasteiger partial charge >= 0.3 is 10.2 Å². The van der Waals surface area contributed by atoms with E-state index in [1.807, 2.05) is 32.0 Å². The second kappa shape index (κ2) is 10.0. The zero-order valence-electron chi connectivity index (χ0n) is 19.2. The minimum atomic E-state index is -3.87. The molecule has 0 aromatic heterocycles. The summed E-state index contributed by atoms with van der Waals surface area (Å²) in [5, 5.41) is 0. The minimum Gasteiger partial charge on any atom is -0.493 e. The van der Waals surface area contributed by atoms with Crippen LogP contribution in [-0.4, -0.2) is 65.4 Å². The van der Waals surface area contributed by atoms with Crippen molar-refractivity contribution in [2.45, 2.75) is 20.4 Å². The van der Waals surface area contributed by atoms with Crippen molar-refractivity contribution in [3.8, 4) is 11.5 Å². The van der Waals surface area contributed by atoms with Gasteiger partial charge < -0.3 is 14.4 Å². The Kier molecular flexibility index (Phi) is 7.91. The third kappa shape index (κ3) is 5.68.